The van der Waals surface area contributed by atoms with Crippen molar-refractivity contribution in [3.63, 3.8) is 0 Å². The van der Waals surface area contributed by atoms with E-state index in [2.05, 4.69) is 65.8 Å². The quantitative estimate of drug-likeness (QED) is 0.780. The number of fused-ring (bicyclic) bond motifs is 1. The van der Waals surface area contributed by atoms with Gasteiger partial charge in [-0.2, -0.15) is 0 Å². The molecule has 0 spiro atoms. The van der Waals surface area contributed by atoms with E-state index < -0.39 is 0 Å². The van der Waals surface area contributed by atoms with Crippen molar-refractivity contribution in [2.24, 2.45) is 0 Å². The molecule has 1 heterocycles. The third kappa shape index (κ3) is 3.09. The number of anilines is 1. The van der Waals surface area contributed by atoms with E-state index in [9.17, 15) is 0 Å². The minimum atomic E-state index is 0. The van der Waals surface area contributed by atoms with E-state index in [0.717, 1.165) is 12.4 Å². The van der Waals surface area contributed by atoms with Gasteiger partial charge in [0.25, 0.3) is 0 Å². The van der Waals surface area contributed by atoms with E-state index in [-0.39, 0.29) is 12.4 Å². The van der Waals surface area contributed by atoms with Crippen LogP contribution in [0.25, 0.3) is 10.8 Å². The number of benzene rings is 2. The van der Waals surface area contributed by atoms with Crippen LogP contribution in [0.2, 0.25) is 0 Å². The number of pyridine rings is 1. The van der Waals surface area contributed by atoms with Crippen molar-refractivity contribution < 1.29 is 12.4 Å². The van der Waals surface area contributed by atoms with Crippen molar-refractivity contribution in [2.45, 2.75) is 13.5 Å². The second-order valence-electron chi connectivity index (χ2n) is 4.71. The molecule has 3 aromatic rings. The Morgan fingerprint density at radius 3 is 2.65 bits per heavy atom. The predicted molar refractivity (Wildman–Crippen MR) is 80.2 cm³/mol. The van der Waals surface area contributed by atoms with Crippen LogP contribution in [0.3, 0.4) is 0 Å². The van der Waals surface area contributed by atoms with Crippen LogP contribution in [0.5, 0.6) is 0 Å². The predicted octanol–water partition coefficient (Wildman–Crippen LogP) is 1.16. The zero-order chi connectivity index (χ0) is 13.1. The first kappa shape index (κ1) is 14.4. The maximum Gasteiger partial charge on any atom is 0.126 e. The Kier molecular flexibility index (Phi) is 4.59. The van der Waals surface area contributed by atoms with Crippen molar-refractivity contribution in [3.8, 4) is 0 Å². The van der Waals surface area contributed by atoms with Gasteiger partial charge in [-0.05, 0) is 41.0 Å². The highest BCUT2D eigenvalue weighted by Crippen LogP contribution is 2.19. The van der Waals surface area contributed by atoms with Gasteiger partial charge in [0.1, 0.15) is 5.82 Å². The Bertz CT molecular complexity index is 705. The van der Waals surface area contributed by atoms with Crippen LogP contribution >= 0.6 is 0 Å². The molecule has 0 amide bonds. The number of halogens is 1. The number of hydrogen-bond acceptors (Lipinski definition) is 2. The topological polar surface area (TPSA) is 24.9 Å². The monoisotopic (exact) mass is 283 g/mol. The van der Waals surface area contributed by atoms with Gasteiger partial charge in [0.05, 0.1) is 0 Å². The largest absolute Gasteiger partial charge is 1.00 e. The van der Waals surface area contributed by atoms with E-state index in [0.29, 0.717) is 0 Å². The molecule has 0 saturated heterocycles. The lowest BCUT2D eigenvalue weighted by atomic mass is 10.0. The number of aryl methyl sites for hydroxylation is 1. The molecule has 0 aliphatic heterocycles. The second-order valence-corrected chi connectivity index (χ2v) is 4.71. The molecule has 1 aromatic heterocycles. The first-order valence-electron chi connectivity index (χ1n) is 6.46. The average Bonchev–Trinajstić information content (AvgIpc) is 2.45. The molecule has 0 saturated carbocycles. The third-order valence-corrected chi connectivity index (χ3v) is 3.26. The summed E-state index contributed by atoms with van der Waals surface area (Å²) in [5.41, 5.74) is 2.51. The van der Waals surface area contributed by atoms with Crippen LogP contribution in [0.15, 0.2) is 60.8 Å². The lowest BCUT2D eigenvalue weighted by Crippen LogP contribution is -3.00. The maximum atomic E-state index is 4.32. The lowest BCUT2D eigenvalue weighted by Gasteiger charge is -2.09. The Labute approximate surface area is 125 Å². The molecular weight excluding hydrogens is 268 g/mol. The molecule has 0 unspecified atom stereocenters. The summed E-state index contributed by atoms with van der Waals surface area (Å²) in [5, 5.41) is 5.96. The van der Waals surface area contributed by atoms with E-state index >= 15 is 0 Å². The minimum absolute atomic E-state index is 0. The number of hydrogen-bond donors (Lipinski definition) is 1. The molecule has 0 bridgehead atoms. The molecule has 3 heteroatoms. The summed E-state index contributed by atoms with van der Waals surface area (Å²) in [6.07, 6.45) is 1.83. The number of nitrogens with one attached hydrogen (secondary N) is 1. The van der Waals surface area contributed by atoms with E-state index in [1.807, 2.05) is 12.3 Å². The van der Waals surface area contributed by atoms with Crippen molar-refractivity contribution in [1.29, 1.82) is 0 Å². The van der Waals surface area contributed by atoms with Gasteiger partial charge in [-0.3, -0.25) is 0 Å². The van der Waals surface area contributed by atoms with Gasteiger partial charge in [-0.1, -0.05) is 42.5 Å². The first-order valence-corrected chi connectivity index (χ1v) is 6.46. The highest BCUT2D eigenvalue weighted by molar-refractivity contribution is 5.85. The van der Waals surface area contributed by atoms with Crippen molar-refractivity contribution >= 4 is 16.6 Å². The summed E-state index contributed by atoms with van der Waals surface area (Å²) in [4.78, 5) is 4.32. The average molecular weight is 284 g/mol. The molecule has 0 atom stereocenters. The maximum absolute atomic E-state index is 4.32. The summed E-state index contributed by atoms with van der Waals surface area (Å²) in [6, 6.07) is 18.9. The number of rotatable bonds is 3. The van der Waals surface area contributed by atoms with Gasteiger partial charge >= 0.3 is 0 Å². The van der Waals surface area contributed by atoms with Gasteiger partial charge in [0.15, 0.2) is 0 Å². The van der Waals surface area contributed by atoms with Crippen molar-refractivity contribution in [1.82, 2.24) is 4.98 Å². The van der Waals surface area contributed by atoms with Crippen LogP contribution in [0.4, 0.5) is 5.82 Å². The SMILES string of the molecule is Cc1ccnc(NCc2cccc3ccccc23)c1.[Cl-]. The molecule has 1 N–H and O–H groups in total. The molecule has 2 aromatic carbocycles. The molecule has 2 nitrogen and oxygen atoms in total. The molecule has 0 aliphatic rings. The van der Waals surface area contributed by atoms with E-state index in [4.69, 9.17) is 0 Å². The zero-order valence-corrected chi connectivity index (χ0v) is 12.1. The number of nitrogens with zero attached hydrogens (tertiary/aromatic N) is 1. The summed E-state index contributed by atoms with van der Waals surface area (Å²) in [5.74, 6) is 0.924. The van der Waals surface area contributed by atoms with Crippen LogP contribution in [-0.4, -0.2) is 4.98 Å². The highest BCUT2D eigenvalue weighted by atomic mass is 35.5. The molecular formula is C17H16ClN2-. The van der Waals surface area contributed by atoms with Gasteiger partial charge < -0.3 is 17.7 Å². The first-order chi connectivity index (χ1) is 9.33. The molecule has 0 radical (unpaired) electrons. The van der Waals surface area contributed by atoms with Crippen LogP contribution in [-0.2, 0) is 6.54 Å². The van der Waals surface area contributed by atoms with Crippen LogP contribution in [0.1, 0.15) is 11.1 Å². The van der Waals surface area contributed by atoms with E-state index in [1.165, 1.54) is 21.9 Å². The van der Waals surface area contributed by atoms with E-state index in [1.54, 1.807) is 0 Å². The van der Waals surface area contributed by atoms with Crippen LogP contribution < -0.4 is 17.7 Å². The normalized spacial score (nSPS) is 10.1. The standard InChI is InChI=1S/C17H16N2.ClH/c1-13-9-10-18-17(11-13)19-12-15-7-4-6-14-5-2-3-8-16(14)15;/h2-11H,12H2,1H3,(H,18,19);1H/p-1. The van der Waals surface area contributed by atoms with Gasteiger partial charge in [-0.25, -0.2) is 4.98 Å². The number of aromatic nitrogens is 1. The molecule has 20 heavy (non-hydrogen) atoms. The fourth-order valence-corrected chi connectivity index (χ4v) is 2.27. The Morgan fingerprint density at radius 1 is 1.00 bits per heavy atom. The van der Waals surface area contributed by atoms with Gasteiger partial charge in [0, 0.05) is 12.7 Å². The lowest BCUT2D eigenvalue weighted by molar-refractivity contribution is -0.00000387. The third-order valence-electron chi connectivity index (χ3n) is 3.26. The Morgan fingerprint density at radius 2 is 1.80 bits per heavy atom. The fraction of sp³-hybridized carbons (Fsp3) is 0.118. The molecule has 3 rings (SSSR count). The minimum Gasteiger partial charge on any atom is -1.00 e. The smallest absolute Gasteiger partial charge is 0.126 e. The van der Waals surface area contributed by atoms with Gasteiger partial charge in [-0.15, -0.1) is 0 Å². The summed E-state index contributed by atoms with van der Waals surface area (Å²) >= 11 is 0. The zero-order valence-electron chi connectivity index (χ0n) is 11.3. The highest BCUT2D eigenvalue weighted by Gasteiger charge is 2.00. The summed E-state index contributed by atoms with van der Waals surface area (Å²) in [7, 11) is 0. The Balaban J connectivity index is 0.00000147. The van der Waals surface area contributed by atoms with Crippen LogP contribution in [0, 0.1) is 6.92 Å². The summed E-state index contributed by atoms with van der Waals surface area (Å²) < 4.78 is 0. The second kappa shape index (κ2) is 6.40. The molecule has 0 aliphatic carbocycles. The molecule has 102 valence electrons. The van der Waals surface area contributed by atoms with Gasteiger partial charge in [0.2, 0.25) is 0 Å². The Hall–Kier alpha value is -2.06. The van der Waals surface area contributed by atoms with Crippen molar-refractivity contribution in [2.75, 3.05) is 5.32 Å². The fourth-order valence-electron chi connectivity index (χ4n) is 2.27. The summed E-state index contributed by atoms with van der Waals surface area (Å²) in [6.45, 7) is 2.86. The van der Waals surface area contributed by atoms with Crippen molar-refractivity contribution in [3.05, 3.63) is 71.9 Å². The molecule has 0 fully saturated rings.